The SMILES string of the molecule is SSCOc1cccc2cccnc12. The van der Waals surface area contributed by atoms with Crippen LogP contribution in [0.1, 0.15) is 0 Å². The molecule has 1 aromatic carbocycles. The molecule has 14 heavy (non-hydrogen) atoms. The maximum absolute atomic E-state index is 5.49. The number of pyridine rings is 1. The van der Waals surface area contributed by atoms with Crippen molar-refractivity contribution in [1.29, 1.82) is 0 Å². The first-order valence-corrected chi connectivity index (χ1v) is 6.18. The number of nitrogens with zero attached hydrogens (tertiary/aromatic N) is 1. The number of hydrogen-bond donors (Lipinski definition) is 1. The van der Waals surface area contributed by atoms with Crippen molar-refractivity contribution in [2.45, 2.75) is 0 Å². The summed E-state index contributed by atoms with van der Waals surface area (Å²) in [6.07, 6.45) is 1.77. The number of rotatable bonds is 3. The summed E-state index contributed by atoms with van der Waals surface area (Å²) < 4.78 is 5.49. The van der Waals surface area contributed by atoms with Crippen LogP contribution in [0, 0.1) is 0 Å². The number of aromatic nitrogens is 1. The Morgan fingerprint density at radius 1 is 1.29 bits per heavy atom. The van der Waals surface area contributed by atoms with Crippen molar-refractivity contribution in [2.24, 2.45) is 0 Å². The molecule has 0 amide bonds. The molecule has 0 bridgehead atoms. The van der Waals surface area contributed by atoms with E-state index in [9.17, 15) is 0 Å². The van der Waals surface area contributed by atoms with Crippen LogP contribution < -0.4 is 4.74 Å². The molecule has 2 rings (SSSR count). The lowest BCUT2D eigenvalue weighted by Gasteiger charge is -2.05. The molecule has 2 aromatic rings. The molecule has 0 fully saturated rings. The van der Waals surface area contributed by atoms with Gasteiger partial charge in [-0.25, -0.2) is 0 Å². The first-order valence-electron chi connectivity index (χ1n) is 4.15. The Morgan fingerprint density at radius 2 is 2.14 bits per heavy atom. The fraction of sp³-hybridized carbons (Fsp3) is 0.100. The molecule has 1 heterocycles. The molecular weight excluding hydrogens is 214 g/mol. The van der Waals surface area contributed by atoms with Crippen LogP contribution in [0.5, 0.6) is 5.75 Å². The first kappa shape index (κ1) is 9.68. The van der Waals surface area contributed by atoms with E-state index < -0.39 is 0 Å². The number of fused-ring (bicyclic) bond motifs is 1. The van der Waals surface area contributed by atoms with Gasteiger partial charge in [0.2, 0.25) is 0 Å². The molecule has 0 N–H and O–H groups in total. The molecule has 0 aliphatic carbocycles. The Morgan fingerprint density at radius 3 is 3.00 bits per heavy atom. The van der Waals surface area contributed by atoms with E-state index in [1.54, 1.807) is 6.20 Å². The third kappa shape index (κ3) is 1.96. The van der Waals surface area contributed by atoms with Crippen LogP contribution in [0.2, 0.25) is 0 Å². The van der Waals surface area contributed by atoms with E-state index in [1.165, 1.54) is 10.8 Å². The van der Waals surface area contributed by atoms with Crippen molar-refractivity contribution in [3.63, 3.8) is 0 Å². The molecule has 0 saturated carbocycles. The van der Waals surface area contributed by atoms with E-state index in [0.29, 0.717) is 5.94 Å². The summed E-state index contributed by atoms with van der Waals surface area (Å²) in [6, 6.07) is 9.83. The minimum Gasteiger partial charge on any atom is -0.480 e. The summed E-state index contributed by atoms with van der Waals surface area (Å²) in [4.78, 5) is 4.27. The summed E-state index contributed by atoms with van der Waals surface area (Å²) >= 11 is 4.02. The van der Waals surface area contributed by atoms with Crippen molar-refractivity contribution in [2.75, 3.05) is 5.94 Å². The second-order valence-electron chi connectivity index (χ2n) is 2.72. The van der Waals surface area contributed by atoms with Crippen LogP contribution in [0.15, 0.2) is 36.5 Å². The number of ether oxygens (including phenoxy) is 1. The Labute approximate surface area is 91.5 Å². The summed E-state index contributed by atoms with van der Waals surface area (Å²) in [7, 11) is 1.35. The molecule has 0 atom stereocenters. The van der Waals surface area contributed by atoms with Gasteiger partial charge >= 0.3 is 0 Å². The summed E-state index contributed by atoms with van der Waals surface area (Å²) in [6.45, 7) is 0. The lowest BCUT2D eigenvalue weighted by molar-refractivity contribution is 0.398. The van der Waals surface area contributed by atoms with Crippen molar-refractivity contribution in [1.82, 2.24) is 4.98 Å². The number of para-hydroxylation sites is 1. The average molecular weight is 223 g/mol. The predicted molar refractivity (Wildman–Crippen MR) is 63.8 cm³/mol. The number of thiol groups is 1. The third-order valence-corrected chi connectivity index (χ3v) is 2.40. The van der Waals surface area contributed by atoms with Gasteiger partial charge in [0.1, 0.15) is 17.2 Å². The van der Waals surface area contributed by atoms with Crippen molar-refractivity contribution >= 4 is 33.4 Å². The lowest BCUT2D eigenvalue weighted by Crippen LogP contribution is -1.92. The van der Waals surface area contributed by atoms with E-state index in [0.717, 1.165) is 16.7 Å². The highest BCUT2D eigenvalue weighted by molar-refractivity contribution is 8.68. The zero-order valence-electron chi connectivity index (χ0n) is 7.38. The molecule has 0 saturated heterocycles. The molecule has 2 nitrogen and oxygen atoms in total. The third-order valence-electron chi connectivity index (χ3n) is 1.86. The van der Waals surface area contributed by atoms with Gasteiger partial charge in [-0.3, -0.25) is 4.98 Å². The molecule has 0 radical (unpaired) electrons. The van der Waals surface area contributed by atoms with E-state index in [4.69, 9.17) is 4.74 Å². The van der Waals surface area contributed by atoms with Crippen LogP contribution in [-0.4, -0.2) is 10.9 Å². The highest BCUT2D eigenvalue weighted by atomic mass is 33.1. The largest absolute Gasteiger partial charge is 0.480 e. The Balaban J connectivity index is 2.43. The van der Waals surface area contributed by atoms with Gasteiger partial charge in [0, 0.05) is 11.6 Å². The van der Waals surface area contributed by atoms with Crippen LogP contribution in [0.3, 0.4) is 0 Å². The summed E-state index contributed by atoms with van der Waals surface area (Å²) in [5.74, 6) is 1.34. The normalized spacial score (nSPS) is 10.4. The van der Waals surface area contributed by atoms with Crippen molar-refractivity contribution in [3.05, 3.63) is 36.5 Å². The van der Waals surface area contributed by atoms with E-state index in [1.807, 2.05) is 30.3 Å². The Bertz CT molecular complexity index is 428. The molecule has 0 unspecified atom stereocenters. The summed E-state index contributed by atoms with van der Waals surface area (Å²) in [5.41, 5.74) is 0.900. The maximum atomic E-state index is 5.49. The quantitative estimate of drug-likeness (QED) is 0.491. The highest BCUT2D eigenvalue weighted by Gasteiger charge is 2.01. The van der Waals surface area contributed by atoms with Gasteiger partial charge in [0.25, 0.3) is 0 Å². The lowest BCUT2D eigenvalue weighted by atomic mass is 10.2. The monoisotopic (exact) mass is 223 g/mol. The fourth-order valence-corrected chi connectivity index (χ4v) is 1.62. The Kier molecular flexibility index (Phi) is 3.16. The van der Waals surface area contributed by atoms with Gasteiger partial charge in [-0.2, -0.15) is 0 Å². The van der Waals surface area contributed by atoms with Crippen LogP contribution >= 0.6 is 22.5 Å². The van der Waals surface area contributed by atoms with E-state index in [2.05, 4.69) is 16.6 Å². The standard InChI is InChI=1S/C10H9NOS2/c13-14-7-12-9-5-1-3-8-4-2-6-11-10(8)9/h1-6,13H,7H2. The van der Waals surface area contributed by atoms with Gasteiger partial charge in [-0.15, -0.1) is 11.7 Å². The summed E-state index contributed by atoms with van der Waals surface area (Å²) in [5, 5.41) is 1.09. The van der Waals surface area contributed by atoms with Gasteiger partial charge in [-0.1, -0.05) is 29.0 Å². The number of benzene rings is 1. The van der Waals surface area contributed by atoms with Crippen molar-refractivity contribution < 1.29 is 4.74 Å². The van der Waals surface area contributed by atoms with E-state index >= 15 is 0 Å². The van der Waals surface area contributed by atoms with E-state index in [-0.39, 0.29) is 0 Å². The number of hydrogen-bond acceptors (Lipinski definition) is 4. The van der Waals surface area contributed by atoms with Gasteiger partial charge in [0.15, 0.2) is 0 Å². The molecule has 4 heteroatoms. The zero-order valence-corrected chi connectivity index (χ0v) is 9.09. The smallest absolute Gasteiger partial charge is 0.146 e. The molecule has 72 valence electrons. The Hall–Kier alpha value is -0.870. The molecule has 0 aliphatic heterocycles. The topological polar surface area (TPSA) is 22.1 Å². The molecular formula is C10H9NOS2. The van der Waals surface area contributed by atoms with Crippen molar-refractivity contribution in [3.8, 4) is 5.75 Å². The average Bonchev–Trinajstić information content (AvgIpc) is 2.26. The van der Waals surface area contributed by atoms with Crippen LogP contribution in [0.4, 0.5) is 0 Å². The second-order valence-corrected chi connectivity index (χ2v) is 3.99. The minimum absolute atomic E-state index is 0.527. The molecule has 1 aromatic heterocycles. The second kappa shape index (κ2) is 4.57. The first-order chi connectivity index (χ1) is 6.92. The van der Waals surface area contributed by atoms with Crippen LogP contribution in [-0.2, 0) is 0 Å². The molecule has 0 aliphatic rings. The van der Waals surface area contributed by atoms with Crippen LogP contribution in [0.25, 0.3) is 10.9 Å². The van der Waals surface area contributed by atoms with Gasteiger partial charge < -0.3 is 4.74 Å². The highest BCUT2D eigenvalue weighted by Crippen LogP contribution is 2.23. The minimum atomic E-state index is 0.527. The van der Waals surface area contributed by atoms with Gasteiger partial charge in [0.05, 0.1) is 0 Å². The van der Waals surface area contributed by atoms with Gasteiger partial charge in [-0.05, 0) is 12.1 Å². The zero-order chi connectivity index (χ0) is 9.80. The maximum Gasteiger partial charge on any atom is 0.146 e. The predicted octanol–water partition coefficient (Wildman–Crippen LogP) is 3.15. The molecule has 0 spiro atoms. The fourth-order valence-electron chi connectivity index (χ4n) is 1.28.